The molecule has 0 saturated heterocycles. The second-order valence-corrected chi connectivity index (χ2v) is 9.25. The molecule has 3 heteroatoms. The van der Waals surface area contributed by atoms with Crippen molar-refractivity contribution >= 4 is 5.97 Å². The number of benzene rings is 2. The lowest BCUT2D eigenvalue weighted by Gasteiger charge is -2.28. The molecule has 174 valence electrons. The van der Waals surface area contributed by atoms with E-state index in [0.717, 1.165) is 24.7 Å². The van der Waals surface area contributed by atoms with Crippen LogP contribution in [0.4, 0.5) is 0 Å². The summed E-state index contributed by atoms with van der Waals surface area (Å²) < 4.78 is 11.3. The molecule has 0 aromatic heterocycles. The van der Waals surface area contributed by atoms with Crippen molar-refractivity contribution in [3.63, 3.8) is 0 Å². The van der Waals surface area contributed by atoms with E-state index in [2.05, 4.69) is 26.0 Å². The average Bonchev–Trinajstić information content (AvgIpc) is 2.83. The van der Waals surface area contributed by atoms with Gasteiger partial charge < -0.3 is 9.47 Å². The van der Waals surface area contributed by atoms with E-state index in [1.165, 1.54) is 69.8 Å². The number of carbonyl (C=O) groups excluding carboxylic acids is 1. The van der Waals surface area contributed by atoms with Crippen LogP contribution in [0.15, 0.2) is 48.5 Å². The maximum Gasteiger partial charge on any atom is 0.343 e. The molecule has 0 unspecified atom stereocenters. The van der Waals surface area contributed by atoms with E-state index in [1.54, 1.807) is 12.1 Å². The van der Waals surface area contributed by atoms with Crippen LogP contribution in [0.1, 0.15) is 106 Å². The number of esters is 1. The summed E-state index contributed by atoms with van der Waals surface area (Å²) in [5.74, 6) is 2.59. The third kappa shape index (κ3) is 7.69. The molecular formula is C29H40O3. The van der Waals surface area contributed by atoms with Crippen LogP contribution >= 0.6 is 0 Å². The highest BCUT2D eigenvalue weighted by atomic mass is 16.5. The van der Waals surface area contributed by atoms with Gasteiger partial charge in [0, 0.05) is 0 Å². The van der Waals surface area contributed by atoms with Crippen molar-refractivity contribution < 1.29 is 14.3 Å². The summed E-state index contributed by atoms with van der Waals surface area (Å²) in [5.41, 5.74) is 1.95. The highest BCUT2D eigenvalue weighted by molar-refractivity contribution is 5.91. The van der Waals surface area contributed by atoms with E-state index in [1.807, 2.05) is 24.3 Å². The molecule has 3 nitrogen and oxygen atoms in total. The zero-order valence-electron chi connectivity index (χ0n) is 20.0. The van der Waals surface area contributed by atoms with Gasteiger partial charge in [-0.1, -0.05) is 64.5 Å². The lowest BCUT2D eigenvalue weighted by molar-refractivity contribution is 0.0734. The Hall–Kier alpha value is -2.29. The second-order valence-electron chi connectivity index (χ2n) is 9.25. The first kappa shape index (κ1) is 24.4. The maximum atomic E-state index is 12.5. The zero-order valence-corrected chi connectivity index (χ0v) is 20.0. The highest BCUT2D eigenvalue weighted by Gasteiger charge is 2.22. The van der Waals surface area contributed by atoms with Gasteiger partial charge in [0.1, 0.15) is 11.5 Å². The van der Waals surface area contributed by atoms with Gasteiger partial charge in [0.05, 0.1) is 12.2 Å². The Kier molecular flexibility index (Phi) is 10.1. The molecular weight excluding hydrogens is 396 g/mol. The van der Waals surface area contributed by atoms with Gasteiger partial charge in [-0.2, -0.15) is 0 Å². The van der Waals surface area contributed by atoms with E-state index >= 15 is 0 Å². The first-order valence-electron chi connectivity index (χ1n) is 12.7. The maximum absolute atomic E-state index is 12.5. The van der Waals surface area contributed by atoms with Gasteiger partial charge >= 0.3 is 5.97 Å². The van der Waals surface area contributed by atoms with Crippen LogP contribution in [0.25, 0.3) is 0 Å². The number of ether oxygens (including phenoxy) is 2. The number of hydrogen-bond acceptors (Lipinski definition) is 3. The van der Waals surface area contributed by atoms with E-state index < -0.39 is 0 Å². The molecule has 0 spiro atoms. The Balaban J connectivity index is 1.43. The molecule has 0 aliphatic heterocycles. The average molecular weight is 437 g/mol. The molecule has 0 amide bonds. The molecule has 1 aliphatic carbocycles. The zero-order chi connectivity index (χ0) is 22.6. The summed E-state index contributed by atoms with van der Waals surface area (Å²) in [6, 6.07) is 15.4. The van der Waals surface area contributed by atoms with Crippen LogP contribution in [0.3, 0.4) is 0 Å². The van der Waals surface area contributed by atoms with Crippen molar-refractivity contribution in [3.8, 4) is 11.5 Å². The van der Waals surface area contributed by atoms with E-state index in [-0.39, 0.29) is 5.97 Å². The molecule has 1 fully saturated rings. The number of unbranched alkanes of at least 4 members (excludes halogenated alkanes) is 4. The smallest absolute Gasteiger partial charge is 0.343 e. The normalized spacial score (nSPS) is 18.3. The van der Waals surface area contributed by atoms with Gasteiger partial charge in [-0.05, 0) is 85.9 Å². The number of carbonyl (C=O) groups is 1. The molecule has 0 heterocycles. The summed E-state index contributed by atoms with van der Waals surface area (Å²) in [6.45, 7) is 5.23. The van der Waals surface area contributed by atoms with Gasteiger partial charge in [0.25, 0.3) is 0 Å². The minimum atomic E-state index is -0.312. The lowest BCUT2D eigenvalue weighted by atomic mass is 9.77. The Bertz CT molecular complexity index is 786. The quantitative estimate of drug-likeness (QED) is 0.190. The minimum Gasteiger partial charge on any atom is -0.494 e. The van der Waals surface area contributed by atoms with Crippen LogP contribution in [-0.4, -0.2) is 12.6 Å². The third-order valence-electron chi connectivity index (χ3n) is 6.71. The summed E-state index contributed by atoms with van der Waals surface area (Å²) >= 11 is 0. The molecule has 0 atom stereocenters. The molecule has 0 bridgehead atoms. The Labute approximate surface area is 194 Å². The van der Waals surface area contributed by atoms with Crippen molar-refractivity contribution in [2.24, 2.45) is 5.92 Å². The predicted molar refractivity (Wildman–Crippen MR) is 132 cm³/mol. The van der Waals surface area contributed by atoms with Crippen molar-refractivity contribution in [2.75, 3.05) is 6.61 Å². The monoisotopic (exact) mass is 436 g/mol. The van der Waals surface area contributed by atoms with Gasteiger partial charge in [0.2, 0.25) is 0 Å². The summed E-state index contributed by atoms with van der Waals surface area (Å²) in [6.07, 6.45) is 14.0. The van der Waals surface area contributed by atoms with Gasteiger partial charge in [-0.3, -0.25) is 0 Å². The molecule has 2 aromatic rings. The van der Waals surface area contributed by atoms with Gasteiger partial charge in [0.15, 0.2) is 0 Å². The van der Waals surface area contributed by atoms with Crippen LogP contribution in [0.5, 0.6) is 11.5 Å². The topological polar surface area (TPSA) is 35.5 Å². The van der Waals surface area contributed by atoms with E-state index in [9.17, 15) is 4.79 Å². The van der Waals surface area contributed by atoms with Gasteiger partial charge in [-0.15, -0.1) is 0 Å². The standard InChI is InChI=1S/C29H40O3/c1-3-5-6-7-8-22-31-27-18-20-28(21-19-27)32-29(30)26-16-14-25(15-17-26)24-12-10-23(9-4-2)11-13-24/h14-21,23-24H,3-13,22H2,1-2H3. The number of rotatable bonds is 12. The molecule has 3 rings (SSSR count). The Morgan fingerprint density at radius 3 is 2.09 bits per heavy atom. The predicted octanol–water partition coefficient (Wildman–Crippen LogP) is 8.33. The second kappa shape index (κ2) is 13.3. The summed E-state index contributed by atoms with van der Waals surface area (Å²) in [7, 11) is 0. The summed E-state index contributed by atoms with van der Waals surface area (Å²) in [5, 5.41) is 0. The van der Waals surface area contributed by atoms with Crippen molar-refractivity contribution in [3.05, 3.63) is 59.7 Å². The van der Waals surface area contributed by atoms with E-state index in [4.69, 9.17) is 9.47 Å². The SMILES string of the molecule is CCCCCCCOc1ccc(OC(=O)c2ccc(C3CCC(CCC)CC3)cc2)cc1. The molecule has 1 aliphatic rings. The van der Waals surface area contributed by atoms with Crippen molar-refractivity contribution in [2.45, 2.75) is 90.4 Å². The fourth-order valence-corrected chi connectivity index (χ4v) is 4.75. The van der Waals surface area contributed by atoms with E-state index in [0.29, 0.717) is 17.2 Å². The third-order valence-corrected chi connectivity index (χ3v) is 6.71. The Morgan fingerprint density at radius 2 is 1.44 bits per heavy atom. The first-order chi connectivity index (χ1) is 15.7. The molecule has 2 aromatic carbocycles. The highest BCUT2D eigenvalue weighted by Crippen LogP contribution is 2.37. The molecule has 0 radical (unpaired) electrons. The fraction of sp³-hybridized carbons (Fsp3) is 0.552. The van der Waals surface area contributed by atoms with Crippen LogP contribution in [0, 0.1) is 5.92 Å². The van der Waals surface area contributed by atoms with Crippen LogP contribution < -0.4 is 9.47 Å². The number of hydrogen-bond donors (Lipinski definition) is 0. The molecule has 0 N–H and O–H groups in total. The van der Waals surface area contributed by atoms with Crippen molar-refractivity contribution in [1.29, 1.82) is 0 Å². The lowest BCUT2D eigenvalue weighted by Crippen LogP contribution is -2.13. The van der Waals surface area contributed by atoms with Crippen LogP contribution in [0.2, 0.25) is 0 Å². The first-order valence-corrected chi connectivity index (χ1v) is 12.7. The fourth-order valence-electron chi connectivity index (χ4n) is 4.75. The largest absolute Gasteiger partial charge is 0.494 e. The van der Waals surface area contributed by atoms with Crippen molar-refractivity contribution in [1.82, 2.24) is 0 Å². The minimum absolute atomic E-state index is 0.312. The van der Waals surface area contributed by atoms with Gasteiger partial charge in [-0.25, -0.2) is 4.79 Å². The molecule has 1 saturated carbocycles. The summed E-state index contributed by atoms with van der Waals surface area (Å²) in [4.78, 5) is 12.5. The molecule has 32 heavy (non-hydrogen) atoms. The Morgan fingerprint density at radius 1 is 0.781 bits per heavy atom. The van der Waals surface area contributed by atoms with Crippen LogP contribution in [-0.2, 0) is 0 Å².